The number of carboxylic acid groups (broad SMARTS) is 1. The van der Waals surface area contributed by atoms with Crippen LogP contribution >= 0.6 is 7.60 Å². The molecule has 1 fully saturated rings. The summed E-state index contributed by atoms with van der Waals surface area (Å²) in [4.78, 5) is 48.1. The van der Waals surface area contributed by atoms with E-state index in [1.807, 2.05) is 6.92 Å². The van der Waals surface area contributed by atoms with Gasteiger partial charge >= 0.3 is 13.6 Å². The Morgan fingerprint density at radius 3 is 2.52 bits per heavy atom. The second-order valence-corrected chi connectivity index (χ2v) is 9.86. The number of likely N-dealkylation sites (tertiary alicyclic amines) is 1. The number of nitrogens with zero attached hydrogens (tertiary/aromatic N) is 1. The number of aliphatic carboxylic acids is 1. The maximum Gasteiger partial charge on any atom is 0.350 e. The van der Waals surface area contributed by atoms with Crippen LogP contribution in [0.3, 0.4) is 0 Å². The van der Waals surface area contributed by atoms with E-state index in [0.29, 0.717) is 38.6 Å². The van der Waals surface area contributed by atoms with E-state index in [2.05, 4.69) is 5.32 Å². The summed E-state index contributed by atoms with van der Waals surface area (Å²) >= 11 is 0. The van der Waals surface area contributed by atoms with Gasteiger partial charge in [0, 0.05) is 6.54 Å². The van der Waals surface area contributed by atoms with E-state index in [-0.39, 0.29) is 13.0 Å². The smallest absolute Gasteiger partial charge is 0.350 e. The number of hydrogen-bond donors (Lipinski definition) is 5. The molecule has 0 aromatic rings. The van der Waals surface area contributed by atoms with Gasteiger partial charge in [-0.15, -0.1) is 0 Å². The molecule has 0 bridgehead atoms. The Kier molecular flexibility index (Phi) is 11.6. The number of unbranched alkanes of at least 4 members (excludes halogenated alkanes) is 2. The van der Waals surface area contributed by atoms with E-state index in [9.17, 15) is 28.9 Å². The quantitative estimate of drug-likeness (QED) is 0.183. The van der Waals surface area contributed by atoms with Crippen LogP contribution in [0.25, 0.3) is 0 Å². The van der Waals surface area contributed by atoms with E-state index in [4.69, 9.17) is 16.0 Å². The minimum absolute atomic E-state index is 0.175. The second kappa shape index (κ2) is 13.1. The van der Waals surface area contributed by atoms with Gasteiger partial charge in [-0.05, 0) is 45.6 Å². The Bertz CT molecular complexity index is 663. The van der Waals surface area contributed by atoms with Gasteiger partial charge in [0.25, 0.3) is 5.91 Å². The number of nitrogens with two attached hydrogens (primary N) is 2. The number of carbonyl (C=O) groups is 3. The third kappa shape index (κ3) is 8.50. The largest absolute Gasteiger partial charge is 0.480 e. The van der Waals surface area contributed by atoms with Crippen LogP contribution in [0.4, 0.5) is 0 Å². The van der Waals surface area contributed by atoms with Gasteiger partial charge in [-0.3, -0.25) is 18.7 Å². The topological polar surface area (TPSA) is 185 Å². The number of nitrogens with one attached hydrogen (secondary N) is 1. The van der Waals surface area contributed by atoms with Crippen LogP contribution in [0, 0.1) is 0 Å². The maximum absolute atomic E-state index is 13.0. The molecule has 1 aliphatic heterocycles. The summed E-state index contributed by atoms with van der Waals surface area (Å²) in [6.07, 6.45) is 2.72. The lowest BCUT2D eigenvalue weighted by atomic mass is 10.1. The Labute approximate surface area is 183 Å². The fourth-order valence-electron chi connectivity index (χ4n) is 3.49. The van der Waals surface area contributed by atoms with Crippen molar-refractivity contribution in [3.05, 3.63) is 0 Å². The number of rotatable bonds is 14. The van der Waals surface area contributed by atoms with Crippen molar-refractivity contribution in [2.24, 2.45) is 11.5 Å². The molecule has 0 saturated carbocycles. The molecule has 1 rings (SSSR count). The molecule has 180 valence electrons. The van der Waals surface area contributed by atoms with Crippen LogP contribution in [0.15, 0.2) is 0 Å². The minimum Gasteiger partial charge on any atom is -0.480 e. The zero-order chi connectivity index (χ0) is 23.6. The summed E-state index contributed by atoms with van der Waals surface area (Å²) in [6.45, 7) is 3.93. The fraction of sp³-hybridized carbons (Fsp3) is 0.842. The monoisotopic (exact) mass is 464 g/mol. The van der Waals surface area contributed by atoms with Crippen LogP contribution in [0.1, 0.15) is 65.2 Å². The number of carboxylic acids is 1. The predicted molar refractivity (Wildman–Crippen MR) is 115 cm³/mol. The van der Waals surface area contributed by atoms with Crippen molar-refractivity contribution in [2.45, 2.75) is 89.2 Å². The molecule has 11 nitrogen and oxygen atoms in total. The Hall–Kier alpha value is -1.52. The summed E-state index contributed by atoms with van der Waals surface area (Å²) in [5.41, 5.74) is 11.3. The summed E-state index contributed by atoms with van der Waals surface area (Å²) in [5.74, 6) is -3.58. The van der Waals surface area contributed by atoms with Crippen molar-refractivity contribution < 1.29 is 33.5 Å². The van der Waals surface area contributed by atoms with Crippen LogP contribution in [0.2, 0.25) is 0 Å². The van der Waals surface area contributed by atoms with Crippen molar-refractivity contribution in [1.82, 2.24) is 10.2 Å². The molecule has 0 spiro atoms. The number of carbonyl (C=O) groups excluding carboxylic acids is 2. The lowest BCUT2D eigenvalue weighted by Gasteiger charge is -2.29. The van der Waals surface area contributed by atoms with Crippen LogP contribution in [0.5, 0.6) is 0 Å². The average molecular weight is 465 g/mol. The Morgan fingerprint density at radius 2 is 1.94 bits per heavy atom. The first-order valence-electron chi connectivity index (χ1n) is 10.8. The van der Waals surface area contributed by atoms with Crippen LogP contribution in [-0.2, 0) is 23.5 Å². The van der Waals surface area contributed by atoms with Gasteiger partial charge < -0.3 is 31.7 Å². The van der Waals surface area contributed by atoms with E-state index >= 15 is 0 Å². The van der Waals surface area contributed by atoms with Gasteiger partial charge in [-0.1, -0.05) is 26.2 Å². The molecule has 0 aliphatic carbocycles. The highest BCUT2D eigenvalue weighted by Crippen LogP contribution is 2.49. The first kappa shape index (κ1) is 27.5. The van der Waals surface area contributed by atoms with Crippen molar-refractivity contribution in [2.75, 3.05) is 13.1 Å². The summed E-state index contributed by atoms with van der Waals surface area (Å²) in [5, 5.41) is 11.8. The standard InChI is InChI=1S/C19H37N4O7P/c1-3-4-10-16(22-17(24)14(21)8-5-6-11-20)31(28,29)30-13(2)18(25)23-12-7-9-15(23)19(26)27/h13-16H,3-12,20-21H2,1-2H3,(H,22,24)(H,26,27)(H,28,29)/t13-,14-,15-,16?/m0/s1. The van der Waals surface area contributed by atoms with Gasteiger partial charge in [-0.2, -0.15) is 0 Å². The fourth-order valence-corrected chi connectivity index (χ4v) is 4.98. The Balaban J connectivity index is 2.82. The average Bonchev–Trinajstić information content (AvgIpc) is 3.20. The van der Waals surface area contributed by atoms with E-state index in [0.717, 1.165) is 17.7 Å². The molecule has 0 aromatic carbocycles. The minimum atomic E-state index is -4.45. The molecule has 2 amide bonds. The van der Waals surface area contributed by atoms with E-state index in [1.165, 1.54) is 6.92 Å². The SMILES string of the molecule is CCCCC(NC(=O)[C@@H](N)CCCCN)P(=O)(O)O[C@@H](C)C(=O)N1CCC[C@H]1C(=O)O. The van der Waals surface area contributed by atoms with E-state index < -0.39 is 49.4 Å². The third-order valence-electron chi connectivity index (χ3n) is 5.32. The first-order valence-corrected chi connectivity index (χ1v) is 12.5. The van der Waals surface area contributed by atoms with Gasteiger partial charge in [-0.25, -0.2) is 4.79 Å². The number of amides is 2. The zero-order valence-electron chi connectivity index (χ0n) is 18.4. The predicted octanol–water partition coefficient (Wildman–Crippen LogP) is 0.741. The Morgan fingerprint density at radius 1 is 1.26 bits per heavy atom. The van der Waals surface area contributed by atoms with Crippen molar-refractivity contribution >= 4 is 25.4 Å². The third-order valence-corrected chi connectivity index (χ3v) is 7.11. The first-order chi connectivity index (χ1) is 14.5. The zero-order valence-corrected chi connectivity index (χ0v) is 19.3. The summed E-state index contributed by atoms with van der Waals surface area (Å²) < 4.78 is 18.2. The lowest BCUT2D eigenvalue weighted by Crippen LogP contribution is -2.47. The molecular weight excluding hydrogens is 427 g/mol. The van der Waals surface area contributed by atoms with Gasteiger partial charge in [0.15, 0.2) is 0 Å². The highest BCUT2D eigenvalue weighted by Gasteiger charge is 2.41. The molecule has 1 aliphatic rings. The highest BCUT2D eigenvalue weighted by atomic mass is 31.2. The number of hydrogen-bond acceptors (Lipinski definition) is 7. The summed E-state index contributed by atoms with van der Waals surface area (Å²) in [6, 6.07) is -1.82. The molecule has 31 heavy (non-hydrogen) atoms. The molecule has 0 aromatic heterocycles. The molecule has 2 unspecified atom stereocenters. The van der Waals surface area contributed by atoms with Gasteiger partial charge in [0.1, 0.15) is 17.9 Å². The molecule has 1 heterocycles. The highest BCUT2D eigenvalue weighted by molar-refractivity contribution is 7.53. The van der Waals surface area contributed by atoms with E-state index in [1.54, 1.807) is 0 Å². The molecule has 0 radical (unpaired) electrons. The molecule has 12 heteroatoms. The van der Waals surface area contributed by atoms with Crippen LogP contribution in [-0.4, -0.2) is 69.7 Å². The molecule has 5 atom stereocenters. The summed E-state index contributed by atoms with van der Waals surface area (Å²) in [7, 11) is -4.45. The van der Waals surface area contributed by atoms with Crippen molar-refractivity contribution in [1.29, 1.82) is 0 Å². The second-order valence-electron chi connectivity index (χ2n) is 7.90. The normalized spacial score (nSPS) is 21.2. The lowest BCUT2D eigenvalue weighted by molar-refractivity contribution is -0.151. The maximum atomic E-state index is 13.0. The van der Waals surface area contributed by atoms with Gasteiger partial charge in [0.05, 0.1) is 6.04 Å². The van der Waals surface area contributed by atoms with Crippen molar-refractivity contribution in [3.8, 4) is 0 Å². The molecule has 7 N–H and O–H groups in total. The molecule has 1 saturated heterocycles. The molecular formula is C19H37N4O7P. The van der Waals surface area contributed by atoms with Gasteiger partial charge in [0.2, 0.25) is 5.91 Å². The van der Waals surface area contributed by atoms with Crippen LogP contribution < -0.4 is 16.8 Å². The van der Waals surface area contributed by atoms with Crippen molar-refractivity contribution in [3.63, 3.8) is 0 Å².